The third kappa shape index (κ3) is 9.62. The van der Waals surface area contributed by atoms with Gasteiger partial charge in [-0.2, -0.15) is 34.2 Å². The van der Waals surface area contributed by atoms with Crippen LogP contribution in [-0.4, -0.2) is 24.1 Å². The van der Waals surface area contributed by atoms with Crippen LogP contribution < -0.4 is 0 Å². The Morgan fingerprint density at radius 2 is 0.598 bits per heavy atom. The molecule has 0 fully saturated rings. The van der Waals surface area contributed by atoms with Crippen LogP contribution in [0.5, 0.6) is 0 Å². The third-order valence-corrected chi connectivity index (χ3v) is 17.0. The predicted molar refractivity (Wildman–Crippen MR) is 356 cm³/mol. The van der Waals surface area contributed by atoms with Crippen LogP contribution in [0.3, 0.4) is 0 Å². The lowest BCUT2D eigenvalue weighted by molar-refractivity contribution is -0.137. The van der Waals surface area contributed by atoms with Crippen molar-refractivity contribution in [1.29, 1.82) is 21.0 Å². The van der Waals surface area contributed by atoms with Gasteiger partial charge in [0.25, 0.3) is 0 Å². The molecule has 0 aliphatic carbocycles. The van der Waals surface area contributed by atoms with Crippen molar-refractivity contribution in [2.45, 2.75) is 6.18 Å². The highest BCUT2D eigenvalue weighted by Gasteiger charge is 2.33. The van der Waals surface area contributed by atoms with Crippen LogP contribution in [0.2, 0.25) is 0 Å². The number of alkyl halides is 3. The Hall–Kier alpha value is -13.0. The first kappa shape index (κ1) is 55.6. The molecule has 0 unspecified atom stereocenters. The van der Waals surface area contributed by atoms with E-state index < -0.39 is 11.7 Å². The van der Waals surface area contributed by atoms with E-state index in [1.165, 1.54) is 12.1 Å². The SMILES string of the molecule is N#Cc1ccccc1-c1ccc2c(c1)c1cc(-c3ccccc3C#N)ccc1n2-c1ccc(-c2nc(-c3ccccc3)nc(-c3ccccc3)n2)cc1-c1ccc(C(F)(F)F)cc1-n1c2ccc(-c3ccccc3C#N)cc2c2cc(-c3ccccc3C#N)ccc21. The lowest BCUT2D eigenvalue weighted by Crippen LogP contribution is -2.08. The van der Waals surface area contributed by atoms with Crippen LogP contribution in [0.1, 0.15) is 27.8 Å². The van der Waals surface area contributed by atoms with E-state index in [2.05, 4.69) is 41.0 Å². The number of hydrogen-bond donors (Lipinski definition) is 0. The van der Waals surface area contributed by atoms with E-state index in [0.717, 1.165) is 72.4 Å². The Morgan fingerprint density at radius 1 is 0.272 bits per heavy atom. The lowest BCUT2D eigenvalue weighted by atomic mass is 9.96. The summed E-state index contributed by atoms with van der Waals surface area (Å²) < 4.78 is 51.3. The highest BCUT2D eigenvalue weighted by Crippen LogP contribution is 2.47. The van der Waals surface area contributed by atoms with Gasteiger partial charge in [-0.1, -0.05) is 164 Å². The zero-order valence-electron chi connectivity index (χ0n) is 48.6. The normalized spacial score (nSPS) is 11.4. The van der Waals surface area contributed by atoms with E-state index >= 15 is 13.2 Å². The van der Waals surface area contributed by atoms with Crippen molar-refractivity contribution in [3.8, 4) is 125 Å². The van der Waals surface area contributed by atoms with Gasteiger partial charge in [0, 0.05) is 49.4 Å². The van der Waals surface area contributed by atoms with Crippen molar-refractivity contribution in [3.63, 3.8) is 0 Å². The maximum atomic E-state index is 15.8. The molecule has 0 amide bonds. The monoisotopic (exact) mass is 1190 g/mol. The maximum absolute atomic E-state index is 15.8. The molecule has 3 aromatic heterocycles. The molecule has 15 rings (SSSR count). The topological polar surface area (TPSA) is 144 Å². The van der Waals surface area contributed by atoms with Crippen molar-refractivity contribution >= 4 is 43.6 Å². The number of fused-ring (bicyclic) bond motifs is 6. The molecule has 12 heteroatoms. The summed E-state index contributed by atoms with van der Waals surface area (Å²) >= 11 is 0. The second kappa shape index (κ2) is 22.6. The number of rotatable bonds is 10. The zero-order chi connectivity index (χ0) is 62.6. The average molecular weight is 1190 g/mol. The van der Waals surface area contributed by atoms with Crippen molar-refractivity contribution < 1.29 is 13.2 Å². The summed E-state index contributed by atoms with van der Waals surface area (Å²) in [4.78, 5) is 15.3. The number of aromatic nitrogens is 5. The van der Waals surface area contributed by atoms with Crippen molar-refractivity contribution in [1.82, 2.24) is 24.1 Å². The Bertz CT molecular complexity index is 5410. The Labute approximate surface area is 525 Å². The fraction of sp³-hybridized carbons (Fsp3) is 0.0125. The molecule has 3 heterocycles. The molecule has 0 radical (unpaired) electrons. The molecule has 430 valence electrons. The highest BCUT2D eigenvalue weighted by molar-refractivity contribution is 6.14. The lowest BCUT2D eigenvalue weighted by Gasteiger charge is -2.21. The first-order valence-electron chi connectivity index (χ1n) is 29.5. The number of hydrogen-bond acceptors (Lipinski definition) is 7. The van der Waals surface area contributed by atoms with Crippen LogP contribution in [0.25, 0.3) is 145 Å². The first-order valence-corrected chi connectivity index (χ1v) is 29.5. The fourth-order valence-electron chi connectivity index (χ4n) is 12.7. The summed E-state index contributed by atoms with van der Waals surface area (Å²) in [6.45, 7) is 0. The minimum Gasteiger partial charge on any atom is -0.309 e. The quantitative estimate of drug-likeness (QED) is 0.133. The van der Waals surface area contributed by atoms with Crippen LogP contribution in [0.15, 0.2) is 267 Å². The number of nitriles is 4. The van der Waals surface area contributed by atoms with E-state index in [1.807, 2.05) is 205 Å². The molecule has 0 bridgehead atoms. The molecule has 0 atom stereocenters. The Kier molecular flexibility index (Phi) is 13.7. The molecule has 0 N–H and O–H groups in total. The van der Waals surface area contributed by atoms with Gasteiger partial charge in [-0.25, -0.2) is 15.0 Å². The predicted octanol–water partition coefficient (Wildman–Crippen LogP) is 19.9. The largest absolute Gasteiger partial charge is 0.416 e. The van der Waals surface area contributed by atoms with Gasteiger partial charge in [0.1, 0.15) is 0 Å². The summed E-state index contributed by atoms with van der Waals surface area (Å²) in [5, 5.41) is 44.4. The second-order valence-electron chi connectivity index (χ2n) is 22.2. The smallest absolute Gasteiger partial charge is 0.309 e. The number of benzene rings is 12. The summed E-state index contributed by atoms with van der Waals surface area (Å²) in [6, 6.07) is 91.2. The van der Waals surface area contributed by atoms with Crippen molar-refractivity contribution in [2.75, 3.05) is 0 Å². The van der Waals surface area contributed by atoms with Gasteiger partial charge < -0.3 is 9.13 Å². The molecular formula is C80H44F3N9. The van der Waals surface area contributed by atoms with Gasteiger partial charge in [-0.15, -0.1) is 0 Å². The highest BCUT2D eigenvalue weighted by atomic mass is 19.4. The minimum absolute atomic E-state index is 0.200. The van der Waals surface area contributed by atoms with Crippen LogP contribution in [0, 0.1) is 45.3 Å². The molecule has 12 aromatic carbocycles. The number of halogens is 3. The molecule has 9 nitrogen and oxygen atoms in total. The van der Waals surface area contributed by atoms with Crippen molar-refractivity contribution in [2.24, 2.45) is 0 Å². The summed E-state index contributed by atoms with van der Waals surface area (Å²) in [5.41, 5.74) is 13.3. The third-order valence-electron chi connectivity index (χ3n) is 17.0. The molecule has 0 saturated heterocycles. The molecule has 0 spiro atoms. The van der Waals surface area contributed by atoms with Gasteiger partial charge >= 0.3 is 6.18 Å². The molecule has 15 aromatic rings. The first-order chi connectivity index (χ1) is 45.1. The Balaban J connectivity index is 1.06. The molecule has 0 saturated carbocycles. The molecule has 0 aliphatic heterocycles. The van der Waals surface area contributed by atoms with Crippen LogP contribution in [0.4, 0.5) is 13.2 Å². The van der Waals surface area contributed by atoms with Gasteiger partial charge in [0.15, 0.2) is 17.5 Å². The standard InChI is InChI=1S/C80H44F3N9/c81-80(82,83)60-32-33-65(76(44-60)92-74-36-29-53(63-25-13-9-21-58(63)47-86)41-69(74)70-42-54(30-37-75(70)92)64-26-14-10-22-59(64)48-87)66-43-55(79-89-77(49-15-3-1-4-16-49)88-78(90-79)50-17-5-2-6-18-50)31-38-71(66)91-72-34-27-51(61-23-11-7-19-56(61)45-84)39-67(72)68-40-52(28-35-73(68)91)62-24-12-8-20-57(62)46-85/h1-44H. The Morgan fingerprint density at radius 3 is 0.957 bits per heavy atom. The van der Waals surface area contributed by atoms with Crippen LogP contribution >= 0.6 is 0 Å². The van der Waals surface area contributed by atoms with Gasteiger partial charge in [-0.05, 0) is 148 Å². The van der Waals surface area contributed by atoms with Crippen LogP contribution in [-0.2, 0) is 6.18 Å². The molecule has 0 aliphatic rings. The fourth-order valence-corrected chi connectivity index (χ4v) is 12.7. The second-order valence-corrected chi connectivity index (χ2v) is 22.2. The van der Waals surface area contributed by atoms with E-state index in [0.29, 0.717) is 95.0 Å². The molecule has 92 heavy (non-hydrogen) atoms. The molecular weight excluding hydrogens is 1140 g/mol. The summed E-state index contributed by atoms with van der Waals surface area (Å²) in [5.74, 6) is 1.15. The van der Waals surface area contributed by atoms with Gasteiger partial charge in [0.2, 0.25) is 0 Å². The van der Waals surface area contributed by atoms with Gasteiger partial charge in [0.05, 0.1) is 85.5 Å². The summed E-state index contributed by atoms with van der Waals surface area (Å²) in [6.07, 6.45) is -4.79. The van der Waals surface area contributed by atoms with Crippen molar-refractivity contribution in [3.05, 3.63) is 295 Å². The van der Waals surface area contributed by atoms with Gasteiger partial charge in [-0.3, -0.25) is 0 Å². The van der Waals surface area contributed by atoms with E-state index in [1.54, 1.807) is 36.4 Å². The minimum atomic E-state index is -4.79. The van der Waals surface area contributed by atoms with E-state index in [9.17, 15) is 21.0 Å². The van der Waals surface area contributed by atoms with E-state index in [-0.39, 0.29) is 5.69 Å². The number of nitrogens with zero attached hydrogens (tertiary/aromatic N) is 9. The zero-order valence-corrected chi connectivity index (χ0v) is 48.6. The maximum Gasteiger partial charge on any atom is 0.416 e. The van der Waals surface area contributed by atoms with E-state index in [4.69, 9.17) is 15.0 Å². The summed E-state index contributed by atoms with van der Waals surface area (Å²) in [7, 11) is 0. The average Bonchev–Trinajstić information content (AvgIpc) is 1.55.